The Morgan fingerprint density at radius 2 is 2.10 bits per heavy atom. The number of nitrogens with two attached hydrogens (primary N) is 1. The Morgan fingerprint density at radius 1 is 1.35 bits per heavy atom. The molecule has 0 amide bonds. The van der Waals surface area contributed by atoms with Gasteiger partial charge in [-0.2, -0.15) is 4.98 Å². The lowest BCUT2D eigenvalue weighted by atomic mass is 9.94. The van der Waals surface area contributed by atoms with E-state index in [4.69, 9.17) is 10.5 Å². The summed E-state index contributed by atoms with van der Waals surface area (Å²) in [5.41, 5.74) is 6.60. The predicted molar refractivity (Wildman–Crippen MR) is 81.2 cm³/mol. The molecule has 0 unspecified atom stereocenters. The van der Waals surface area contributed by atoms with Gasteiger partial charge in [-0.1, -0.05) is 6.92 Å². The maximum Gasteiger partial charge on any atom is 0.228 e. The van der Waals surface area contributed by atoms with E-state index in [1.165, 1.54) is 12.8 Å². The van der Waals surface area contributed by atoms with Gasteiger partial charge in [-0.15, -0.1) is 0 Å². The Morgan fingerprint density at radius 3 is 2.75 bits per heavy atom. The molecule has 5 nitrogen and oxygen atoms in total. The Hall–Kier alpha value is -1.36. The summed E-state index contributed by atoms with van der Waals surface area (Å²) in [4.78, 5) is 11.3. The summed E-state index contributed by atoms with van der Waals surface area (Å²) in [5.74, 6) is 2.26. The highest BCUT2D eigenvalue weighted by Gasteiger charge is 2.21. The maximum absolute atomic E-state index is 5.64. The van der Waals surface area contributed by atoms with Crippen molar-refractivity contribution in [3.05, 3.63) is 11.8 Å². The van der Waals surface area contributed by atoms with Crippen molar-refractivity contribution in [2.45, 2.75) is 39.5 Å². The van der Waals surface area contributed by atoms with Crippen molar-refractivity contribution in [3.63, 3.8) is 0 Å². The van der Waals surface area contributed by atoms with Gasteiger partial charge in [0, 0.05) is 24.8 Å². The topological polar surface area (TPSA) is 64.3 Å². The molecule has 1 aromatic rings. The molecule has 0 saturated carbocycles. The van der Waals surface area contributed by atoms with Crippen LogP contribution in [0.2, 0.25) is 0 Å². The van der Waals surface area contributed by atoms with E-state index in [1.807, 2.05) is 13.0 Å². The Balaban J connectivity index is 2.00. The number of hydrogen-bond acceptors (Lipinski definition) is 5. The molecular weight excluding hydrogens is 252 g/mol. The number of hydrogen-bond donors (Lipinski definition) is 1. The van der Waals surface area contributed by atoms with Gasteiger partial charge in [0.05, 0.1) is 6.61 Å². The highest BCUT2D eigenvalue weighted by atomic mass is 16.5. The highest BCUT2D eigenvalue weighted by molar-refractivity contribution is 5.34. The van der Waals surface area contributed by atoms with E-state index in [0.29, 0.717) is 12.5 Å². The van der Waals surface area contributed by atoms with Gasteiger partial charge >= 0.3 is 0 Å². The Labute approximate surface area is 121 Å². The number of ether oxygens (including phenoxy) is 1. The minimum Gasteiger partial charge on any atom is -0.478 e. The second kappa shape index (κ2) is 7.43. The number of piperidine rings is 1. The molecule has 0 spiro atoms. The summed E-state index contributed by atoms with van der Waals surface area (Å²) in [6.07, 6.45) is 4.48. The summed E-state index contributed by atoms with van der Waals surface area (Å²) in [6, 6.07) is 1.90. The van der Waals surface area contributed by atoms with Crippen molar-refractivity contribution in [1.82, 2.24) is 9.97 Å². The predicted octanol–water partition coefficient (Wildman–Crippen LogP) is 2.14. The van der Waals surface area contributed by atoms with E-state index < -0.39 is 0 Å². The molecule has 1 aliphatic rings. The van der Waals surface area contributed by atoms with Crippen LogP contribution in [0.5, 0.6) is 5.88 Å². The van der Waals surface area contributed by atoms with Gasteiger partial charge < -0.3 is 15.4 Å². The SMILES string of the molecule is CCCOc1cc(C)nc(N2CCC(CCN)CC2)n1. The smallest absolute Gasteiger partial charge is 0.228 e. The molecule has 2 N–H and O–H groups in total. The summed E-state index contributed by atoms with van der Waals surface area (Å²) >= 11 is 0. The fourth-order valence-corrected chi connectivity index (χ4v) is 2.60. The zero-order valence-corrected chi connectivity index (χ0v) is 12.6. The van der Waals surface area contributed by atoms with Crippen molar-refractivity contribution < 1.29 is 4.74 Å². The second-order valence-corrected chi connectivity index (χ2v) is 5.50. The molecule has 1 fully saturated rings. The van der Waals surface area contributed by atoms with Crippen LogP contribution < -0.4 is 15.4 Å². The molecule has 0 atom stereocenters. The van der Waals surface area contributed by atoms with E-state index in [0.717, 1.165) is 50.0 Å². The summed E-state index contributed by atoms with van der Waals surface area (Å²) in [6.45, 7) is 7.61. The van der Waals surface area contributed by atoms with Crippen LogP contribution in [0.25, 0.3) is 0 Å². The molecule has 0 aromatic carbocycles. The van der Waals surface area contributed by atoms with Gasteiger partial charge in [0.25, 0.3) is 0 Å². The molecule has 0 bridgehead atoms. The first kappa shape index (κ1) is 15.0. The summed E-state index contributed by atoms with van der Waals surface area (Å²) in [7, 11) is 0. The minimum atomic E-state index is 0.693. The molecule has 5 heteroatoms. The van der Waals surface area contributed by atoms with Gasteiger partial charge in [-0.25, -0.2) is 4.98 Å². The van der Waals surface area contributed by atoms with Crippen molar-refractivity contribution in [3.8, 4) is 5.88 Å². The molecular formula is C15H26N4O. The largest absolute Gasteiger partial charge is 0.478 e. The molecule has 0 aliphatic carbocycles. The molecule has 1 aliphatic heterocycles. The standard InChI is InChI=1S/C15H26N4O/c1-3-10-20-14-11-12(2)17-15(18-14)19-8-5-13(4-7-16)6-9-19/h11,13H,3-10,16H2,1-2H3. The van der Waals surface area contributed by atoms with E-state index in [9.17, 15) is 0 Å². The van der Waals surface area contributed by atoms with Crippen molar-refractivity contribution in [2.24, 2.45) is 11.7 Å². The van der Waals surface area contributed by atoms with Crippen molar-refractivity contribution in [2.75, 3.05) is 31.1 Å². The normalized spacial score (nSPS) is 16.4. The van der Waals surface area contributed by atoms with Crippen LogP contribution in [-0.4, -0.2) is 36.2 Å². The molecule has 0 radical (unpaired) electrons. The average molecular weight is 278 g/mol. The van der Waals surface area contributed by atoms with E-state index in [1.54, 1.807) is 0 Å². The van der Waals surface area contributed by atoms with Gasteiger partial charge in [-0.05, 0) is 45.1 Å². The maximum atomic E-state index is 5.64. The molecule has 1 aromatic heterocycles. The van der Waals surface area contributed by atoms with Gasteiger partial charge in [0.15, 0.2) is 0 Å². The lowest BCUT2D eigenvalue weighted by Crippen LogP contribution is -2.35. The van der Waals surface area contributed by atoms with E-state index in [2.05, 4.69) is 21.8 Å². The monoisotopic (exact) mass is 278 g/mol. The lowest BCUT2D eigenvalue weighted by Gasteiger charge is -2.32. The van der Waals surface area contributed by atoms with Crippen molar-refractivity contribution in [1.29, 1.82) is 0 Å². The number of aromatic nitrogens is 2. The number of aryl methyl sites for hydroxylation is 1. The first-order valence-electron chi connectivity index (χ1n) is 7.66. The summed E-state index contributed by atoms with van der Waals surface area (Å²) < 4.78 is 5.63. The number of rotatable bonds is 6. The van der Waals surface area contributed by atoms with Crippen LogP contribution in [0.3, 0.4) is 0 Å². The van der Waals surface area contributed by atoms with Crippen LogP contribution in [0.4, 0.5) is 5.95 Å². The fourth-order valence-electron chi connectivity index (χ4n) is 2.60. The molecule has 112 valence electrons. The third-order valence-corrected chi connectivity index (χ3v) is 3.75. The average Bonchev–Trinajstić information content (AvgIpc) is 2.46. The summed E-state index contributed by atoms with van der Waals surface area (Å²) in [5, 5.41) is 0. The quantitative estimate of drug-likeness (QED) is 0.863. The number of anilines is 1. The Bertz CT molecular complexity index is 416. The lowest BCUT2D eigenvalue weighted by molar-refractivity contribution is 0.303. The number of nitrogens with zero attached hydrogens (tertiary/aromatic N) is 3. The highest BCUT2D eigenvalue weighted by Crippen LogP contribution is 2.24. The van der Waals surface area contributed by atoms with Crippen LogP contribution in [0, 0.1) is 12.8 Å². The van der Waals surface area contributed by atoms with E-state index >= 15 is 0 Å². The minimum absolute atomic E-state index is 0.693. The zero-order chi connectivity index (χ0) is 14.4. The first-order valence-corrected chi connectivity index (χ1v) is 7.66. The van der Waals surface area contributed by atoms with E-state index in [-0.39, 0.29) is 0 Å². The third kappa shape index (κ3) is 4.07. The first-order chi connectivity index (χ1) is 9.72. The van der Waals surface area contributed by atoms with Crippen molar-refractivity contribution >= 4 is 5.95 Å². The third-order valence-electron chi connectivity index (χ3n) is 3.75. The van der Waals surface area contributed by atoms with Gasteiger partial charge in [0.2, 0.25) is 11.8 Å². The van der Waals surface area contributed by atoms with Crippen LogP contribution in [0.1, 0.15) is 38.3 Å². The second-order valence-electron chi connectivity index (χ2n) is 5.50. The molecule has 20 heavy (non-hydrogen) atoms. The zero-order valence-electron chi connectivity index (χ0n) is 12.6. The Kier molecular flexibility index (Phi) is 5.59. The molecule has 2 heterocycles. The molecule has 2 rings (SSSR count). The van der Waals surface area contributed by atoms with Crippen LogP contribution in [-0.2, 0) is 0 Å². The van der Waals surface area contributed by atoms with Crippen LogP contribution >= 0.6 is 0 Å². The van der Waals surface area contributed by atoms with Gasteiger partial charge in [-0.3, -0.25) is 0 Å². The van der Waals surface area contributed by atoms with Gasteiger partial charge in [0.1, 0.15) is 0 Å². The van der Waals surface area contributed by atoms with Crippen LogP contribution in [0.15, 0.2) is 6.07 Å². The molecule has 1 saturated heterocycles. The fraction of sp³-hybridized carbons (Fsp3) is 0.733.